The minimum Gasteiger partial charge on any atom is -0.324 e. The lowest BCUT2D eigenvalue weighted by molar-refractivity contribution is 0.795. The molecule has 0 saturated heterocycles. The molecule has 108 valence electrons. The Morgan fingerprint density at radius 1 is 1.19 bits per heavy atom. The standard InChI is InChI=1S/C15H16ClN5/c1-2-3-4-10-5-7-11(8-6-10)19-15-20-13(16)12-14(21-15)18-9-17-12/h5-9,12H,2-4H2,1H3,(H,17,18,19,21). The molecular formula is C15H16ClN5. The van der Waals surface area contributed by atoms with Gasteiger partial charge in [0.15, 0.2) is 11.9 Å². The first kappa shape index (κ1) is 13.9. The van der Waals surface area contributed by atoms with Crippen LogP contribution in [0.25, 0.3) is 0 Å². The highest BCUT2D eigenvalue weighted by Crippen LogP contribution is 2.16. The van der Waals surface area contributed by atoms with Gasteiger partial charge in [-0.3, -0.25) is 4.99 Å². The summed E-state index contributed by atoms with van der Waals surface area (Å²) in [5.74, 6) is 1.03. The second-order valence-corrected chi connectivity index (χ2v) is 5.34. The maximum Gasteiger partial charge on any atom is 0.230 e. The first-order valence-electron chi connectivity index (χ1n) is 7.04. The van der Waals surface area contributed by atoms with Crippen molar-refractivity contribution in [2.45, 2.75) is 32.2 Å². The molecule has 1 aromatic carbocycles. The molecule has 0 saturated carbocycles. The number of guanidine groups is 1. The Hall–Kier alpha value is -2.01. The van der Waals surface area contributed by atoms with Gasteiger partial charge in [0.05, 0.1) is 0 Å². The highest BCUT2D eigenvalue weighted by Gasteiger charge is 2.27. The monoisotopic (exact) mass is 301 g/mol. The molecule has 1 atom stereocenters. The van der Waals surface area contributed by atoms with E-state index in [4.69, 9.17) is 11.6 Å². The quantitative estimate of drug-likeness (QED) is 0.911. The summed E-state index contributed by atoms with van der Waals surface area (Å²) >= 11 is 6.10. The van der Waals surface area contributed by atoms with Crippen LogP contribution in [0.15, 0.2) is 44.2 Å². The van der Waals surface area contributed by atoms with E-state index in [2.05, 4.69) is 44.3 Å². The van der Waals surface area contributed by atoms with Gasteiger partial charge in [-0.1, -0.05) is 37.1 Å². The summed E-state index contributed by atoms with van der Waals surface area (Å²) in [5, 5.41) is 3.54. The summed E-state index contributed by atoms with van der Waals surface area (Å²) in [7, 11) is 0. The van der Waals surface area contributed by atoms with Crippen molar-refractivity contribution < 1.29 is 0 Å². The van der Waals surface area contributed by atoms with Crippen LogP contribution in [0.5, 0.6) is 0 Å². The first-order chi connectivity index (χ1) is 10.3. The van der Waals surface area contributed by atoms with Crippen molar-refractivity contribution in [2.75, 3.05) is 5.32 Å². The van der Waals surface area contributed by atoms with E-state index < -0.39 is 0 Å². The molecule has 1 unspecified atom stereocenters. The molecule has 0 amide bonds. The van der Waals surface area contributed by atoms with Crippen LogP contribution < -0.4 is 5.32 Å². The van der Waals surface area contributed by atoms with Crippen LogP contribution in [0.1, 0.15) is 25.3 Å². The molecule has 0 radical (unpaired) electrons. The largest absolute Gasteiger partial charge is 0.324 e. The highest BCUT2D eigenvalue weighted by molar-refractivity contribution is 6.70. The molecule has 2 aliphatic heterocycles. The molecule has 2 aliphatic rings. The first-order valence-corrected chi connectivity index (χ1v) is 7.42. The third-order valence-electron chi connectivity index (χ3n) is 3.34. The Labute approximate surface area is 128 Å². The molecule has 1 N–H and O–H groups in total. The van der Waals surface area contributed by atoms with Crippen LogP contribution in [0.2, 0.25) is 0 Å². The number of aryl methyl sites for hydroxylation is 1. The predicted molar refractivity (Wildman–Crippen MR) is 89.1 cm³/mol. The summed E-state index contributed by atoms with van der Waals surface area (Å²) in [6.45, 7) is 2.20. The van der Waals surface area contributed by atoms with E-state index in [1.165, 1.54) is 24.7 Å². The molecule has 0 spiro atoms. The van der Waals surface area contributed by atoms with E-state index in [1.54, 1.807) is 0 Å². The van der Waals surface area contributed by atoms with Gasteiger partial charge in [0.2, 0.25) is 5.96 Å². The van der Waals surface area contributed by atoms with Gasteiger partial charge in [-0.15, -0.1) is 0 Å². The number of unbranched alkanes of at least 4 members (excludes halogenated alkanes) is 1. The third kappa shape index (κ3) is 3.19. The van der Waals surface area contributed by atoms with Crippen molar-refractivity contribution in [1.82, 2.24) is 0 Å². The molecular weight excluding hydrogens is 286 g/mol. The van der Waals surface area contributed by atoms with E-state index in [-0.39, 0.29) is 6.04 Å². The molecule has 0 aromatic heterocycles. The Bertz CT molecular complexity index is 643. The van der Waals surface area contributed by atoms with E-state index in [0.717, 1.165) is 12.1 Å². The van der Waals surface area contributed by atoms with Crippen molar-refractivity contribution in [2.24, 2.45) is 20.0 Å². The smallest absolute Gasteiger partial charge is 0.230 e. The van der Waals surface area contributed by atoms with Gasteiger partial charge in [-0.25, -0.2) is 9.98 Å². The van der Waals surface area contributed by atoms with Crippen molar-refractivity contribution in [3.8, 4) is 0 Å². The van der Waals surface area contributed by atoms with Gasteiger partial charge in [-0.05, 0) is 30.5 Å². The number of nitrogens with zero attached hydrogens (tertiary/aromatic N) is 4. The normalized spacial score (nSPS) is 19.7. The summed E-state index contributed by atoms with van der Waals surface area (Å²) in [6.07, 6.45) is 4.99. The fourth-order valence-electron chi connectivity index (χ4n) is 2.17. The predicted octanol–water partition coefficient (Wildman–Crippen LogP) is 3.26. The van der Waals surface area contributed by atoms with Crippen LogP contribution >= 0.6 is 11.6 Å². The van der Waals surface area contributed by atoms with Gasteiger partial charge in [-0.2, -0.15) is 4.99 Å². The molecule has 5 nitrogen and oxygen atoms in total. The number of hydrogen-bond acceptors (Lipinski definition) is 5. The highest BCUT2D eigenvalue weighted by atomic mass is 35.5. The molecule has 3 rings (SSSR count). The van der Waals surface area contributed by atoms with Crippen LogP contribution in [0.3, 0.4) is 0 Å². The number of amidine groups is 1. The lowest BCUT2D eigenvalue weighted by Gasteiger charge is -2.14. The van der Waals surface area contributed by atoms with Crippen molar-refractivity contribution in [3.05, 3.63) is 29.8 Å². The number of aliphatic imine (C=N–C) groups is 4. The number of hydrogen-bond donors (Lipinski definition) is 1. The maximum atomic E-state index is 6.10. The second-order valence-electron chi connectivity index (χ2n) is 4.95. The fraction of sp³-hybridized carbons (Fsp3) is 0.333. The number of anilines is 1. The number of nitrogens with one attached hydrogen (secondary N) is 1. The van der Waals surface area contributed by atoms with Gasteiger partial charge in [0.25, 0.3) is 0 Å². The number of fused-ring (bicyclic) bond motifs is 1. The third-order valence-corrected chi connectivity index (χ3v) is 3.63. The Morgan fingerprint density at radius 2 is 2.00 bits per heavy atom. The topological polar surface area (TPSA) is 61.5 Å². The summed E-state index contributed by atoms with van der Waals surface area (Å²) in [4.78, 5) is 16.7. The van der Waals surface area contributed by atoms with E-state index in [0.29, 0.717) is 17.0 Å². The van der Waals surface area contributed by atoms with Gasteiger partial charge in [0.1, 0.15) is 11.5 Å². The minimum atomic E-state index is -0.325. The van der Waals surface area contributed by atoms with Gasteiger partial charge < -0.3 is 5.32 Å². The Balaban J connectivity index is 1.69. The molecule has 21 heavy (non-hydrogen) atoms. The van der Waals surface area contributed by atoms with Crippen molar-refractivity contribution in [1.29, 1.82) is 0 Å². The number of halogens is 1. The zero-order valence-electron chi connectivity index (χ0n) is 11.8. The Kier molecular flexibility index (Phi) is 4.10. The summed E-state index contributed by atoms with van der Waals surface area (Å²) in [5.41, 5.74) is 2.27. The average molecular weight is 302 g/mol. The van der Waals surface area contributed by atoms with E-state index in [9.17, 15) is 0 Å². The molecule has 0 fully saturated rings. The van der Waals surface area contributed by atoms with Crippen LogP contribution in [-0.4, -0.2) is 29.3 Å². The molecule has 0 aliphatic carbocycles. The average Bonchev–Trinajstić information content (AvgIpc) is 2.95. The lowest BCUT2D eigenvalue weighted by atomic mass is 10.1. The second kappa shape index (κ2) is 6.18. The summed E-state index contributed by atoms with van der Waals surface area (Å²) < 4.78 is 0. The maximum absolute atomic E-state index is 6.10. The van der Waals surface area contributed by atoms with Crippen molar-refractivity contribution >= 4 is 40.6 Å². The zero-order valence-corrected chi connectivity index (χ0v) is 12.5. The van der Waals surface area contributed by atoms with Crippen LogP contribution in [-0.2, 0) is 6.42 Å². The van der Waals surface area contributed by atoms with Crippen LogP contribution in [0, 0.1) is 0 Å². The minimum absolute atomic E-state index is 0.325. The number of rotatable bonds is 4. The van der Waals surface area contributed by atoms with Gasteiger partial charge >= 0.3 is 0 Å². The van der Waals surface area contributed by atoms with Crippen LogP contribution in [0.4, 0.5) is 5.69 Å². The molecule has 6 heteroatoms. The van der Waals surface area contributed by atoms with Gasteiger partial charge in [0, 0.05) is 5.69 Å². The van der Waals surface area contributed by atoms with Crippen molar-refractivity contribution in [3.63, 3.8) is 0 Å². The number of benzene rings is 1. The fourth-order valence-corrected chi connectivity index (χ4v) is 2.40. The zero-order chi connectivity index (χ0) is 14.7. The van der Waals surface area contributed by atoms with E-state index >= 15 is 0 Å². The summed E-state index contributed by atoms with van der Waals surface area (Å²) in [6, 6.07) is 7.96. The SMILES string of the molecule is CCCCc1ccc(NC2=NC3=NC=NC3C(Cl)=N2)cc1. The molecule has 2 heterocycles. The molecule has 1 aromatic rings. The Morgan fingerprint density at radius 3 is 2.76 bits per heavy atom. The molecule has 0 bridgehead atoms. The van der Waals surface area contributed by atoms with E-state index in [1.807, 2.05) is 12.1 Å². The lowest BCUT2D eigenvalue weighted by Crippen LogP contribution is -2.29.